The lowest BCUT2D eigenvalue weighted by molar-refractivity contribution is -0.139. The van der Waals surface area contributed by atoms with E-state index in [1.54, 1.807) is 0 Å². The van der Waals surface area contributed by atoms with Gasteiger partial charge in [0.2, 0.25) is 11.5 Å². The molecule has 0 spiro atoms. The van der Waals surface area contributed by atoms with Crippen LogP contribution in [0.15, 0.2) is 35.3 Å². The summed E-state index contributed by atoms with van der Waals surface area (Å²) in [5.41, 5.74) is -1.11. The Bertz CT molecular complexity index is 874. The largest absolute Gasteiger partial charge is 0.417 e. The van der Waals surface area contributed by atoms with E-state index >= 15 is 0 Å². The molecule has 0 radical (unpaired) electrons. The third-order valence-corrected chi connectivity index (χ3v) is 2.57. The molecule has 3 heterocycles. The molecule has 0 saturated heterocycles. The van der Waals surface area contributed by atoms with Gasteiger partial charge in [0.15, 0.2) is 5.75 Å². The monoisotopic (exact) mass is 319 g/mol. The van der Waals surface area contributed by atoms with Crippen LogP contribution in [0.1, 0.15) is 0 Å². The molecule has 10 heteroatoms. The molecule has 1 aromatic heterocycles. The van der Waals surface area contributed by atoms with Crippen molar-refractivity contribution in [3.8, 4) is 17.2 Å². The zero-order valence-electron chi connectivity index (χ0n) is 11.0. The Morgan fingerprint density at radius 1 is 0.652 bits per heavy atom. The molecule has 2 aliphatic heterocycles. The molecule has 0 fully saturated rings. The molecule has 0 aliphatic carbocycles. The zero-order valence-corrected chi connectivity index (χ0v) is 11.0. The van der Waals surface area contributed by atoms with Gasteiger partial charge < -0.3 is 19.0 Å². The lowest BCUT2D eigenvalue weighted by atomic mass is 10.3. The number of esters is 3. The van der Waals surface area contributed by atoms with Crippen molar-refractivity contribution >= 4 is 23.9 Å². The number of rotatable bonds is 0. The minimum absolute atomic E-state index is 0.381. The van der Waals surface area contributed by atoms with E-state index in [0.717, 1.165) is 24.4 Å². The van der Waals surface area contributed by atoms with Gasteiger partial charge in [0.1, 0.15) is 0 Å². The average molecular weight is 319 g/mol. The molecule has 0 saturated carbocycles. The van der Waals surface area contributed by atoms with Crippen molar-refractivity contribution in [2.75, 3.05) is 0 Å². The van der Waals surface area contributed by atoms with Crippen molar-refractivity contribution in [3.63, 3.8) is 0 Å². The van der Waals surface area contributed by atoms with Crippen LogP contribution in [0.4, 0.5) is 0 Å². The number of fused-ring (bicyclic) bond motifs is 4. The van der Waals surface area contributed by atoms with Crippen molar-refractivity contribution in [1.29, 1.82) is 0 Å². The summed E-state index contributed by atoms with van der Waals surface area (Å²) in [5.74, 6) is -5.92. The van der Waals surface area contributed by atoms with Gasteiger partial charge in [-0.05, 0) is 0 Å². The Hall–Kier alpha value is -3.69. The minimum Gasteiger partial charge on any atom is -0.417 e. The van der Waals surface area contributed by atoms with Crippen LogP contribution in [0.5, 0.6) is 17.2 Å². The third-order valence-electron chi connectivity index (χ3n) is 2.57. The maximum atomic E-state index is 12.2. The molecule has 2 aliphatic rings. The highest BCUT2D eigenvalue weighted by molar-refractivity contribution is 5.96. The second-order valence-corrected chi connectivity index (χ2v) is 4.12. The van der Waals surface area contributed by atoms with E-state index in [1.807, 2.05) is 0 Å². The molecule has 0 atom stereocenters. The molecule has 0 unspecified atom stereocenters. The number of hydrogen-bond acceptors (Lipinski definition) is 9. The van der Waals surface area contributed by atoms with E-state index in [2.05, 4.69) is 4.84 Å². The highest BCUT2D eigenvalue weighted by Crippen LogP contribution is 2.35. The van der Waals surface area contributed by atoms with Crippen LogP contribution in [0.3, 0.4) is 0 Å². The number of nitrogens with zero attached hydrogens (tertiary/aromatic N) is 1. The summed E-state index contributed by atoms with van der Waals surface area (Å²) in [7, 11) is 0. The van der Waals surface area contributed by atoms with Crippen LogP contribution in [0, 0.1) is 0 Å². The van der Waals surface area contributed by atoms with Crippen LogP contribution >= 0.6 is 0 Å². The Labute approximate surface area is 126 Å². The number of carbonyl (C=O) groups is 4. The molecule has 3 rings (SSSR count). The number of carbonyl (C=O) groups excluding carboxylic acids is 4. The van der Waals surface area contributed by atoms with Crippen molar-refractivity contribution in [2.24, 2.45) is 0 Å². The van der Waals surface area contributed by atoms with Gasteiger partial charge in [-0.2, -0.15) is 0 Å². The van der Waals surface area contributed by atoms with Crippen LogP contribution < -0.4 is 24.6 Å². The van der Waals surface area contributed by atoms with Crippen LogP contribution in [0.2, 0.25) is 0 Å². The predicted molar refractivity (Wildman–Crippen MR) is 67.5 cm³/mol. The zero-order chi connectivity index (χ0) is 16.6. The van der Waals surface area contributed by atoms with Gasteiger partial charge in [0.05, 0.1) is 6.20 Å². The van der Waals surface area contributed by atoms with E-state index in [9.17, 15) is 24.0 Å². The Morgan fingerprint density at radius 3 is 1.83 bits per heavy atom. The summed E-state index contributed by atoms with van der Waals surface area (Å²) in [6.45, 7) is 0. The first-order valence-electron chi connectivity index (χ1n) is 5.97. The molecule has 0 amide bonds. The molecule has 0 aromatic carbocycles. The lowest BCUT2D eigenvalue weighted by Gasteiger charge is -2.15. The first kappa shape index (κ1) is 14.3. The number of pyridine rings is 1. The molecular formula is C13H5NO9. The van der Waals surface area contributed by atoms with Crippen molar-refractivity contribution in [3.05, 3.63) is 40.9 Å². The van der Waals surface area contributed by atoms with E-state index in [0.29, 0.717) is 10.8 Å². The predicted octanol–water partition coefficient (Wildman–Crippen LogP) is -1.34. The summed E-state index contributed by atoms with van der Waals surface area (Å²) >= 11 is 0. The van der Waals surface area contributed by atoms with Crippen LogP contribution in [0.25, 0.3) is 0 Å². The van der Waals surface area contributed by atoms with E-state index < -0.39 is 46.7 Å². The summed E-state index contributed by atoms with van der Waals surface area (Å²) in [6, 6.07) is 0. The van der Waals surface area contributed by atoms with Crippen molar-refractivity contribution < 1.29 is 38.2 Å². The van der Waals surface area contributed by atoms with E-state index in [-0.39, 0.29) is 0 Å². The second kappa shape index (κ2) is 5.26. The van der Waals surface area contributed by atoms with Gasteiger partial charge in [-0.25, -0.2) is 19.2 Å². The van der Waals surface area contributed by atoms with Crippen LogP contribution in [-0.4, -0.2) is 28.6 Å². The first-order valence-corrected chi connectivity index (χ1v) is 5.97. The lowest BCUT2D eigenvalue weighted by Crippen LogP contribution is -2.31. The molecule has 1 aromatic rings. The van der Waals surface area contributed by atoms with Crippen molar-refractivity contribution in [1.82, 2.24) is 4.73 Å². The number of ether oxygens (including phenoxy) is 3. The topological polar surface area (TPSA) is 127 Å². The average Bonchev–Trinajstić information content (AvgIpc) is 2.52. The maximum Gasteiger partial charge on any atom is 0.356 e. The summed E-state index contributed by atoms with van der Waals surface area (Å²) in [6.07, 6.45) is 3.79. The van der Waals surface area contributed by atoms with Gasteiger partial charge in [-0.1, -0.05) is 0 Å². The fraction of sp³-hybridized carbons (Fsp3) is 0. The van der Waals surface area contributed by atoms with Gasteiger partial charge in [0.25, 0.3) is 0 Å². The van der Waals surface area contributed by atoms with E-state index in [1.165, 1.54) is 0 Å². The van der Waals surface area contributed by atoms with Gasteiger partial charge in [-0.15, -0.1) is 4.73 Å². The highest BCUT2D eigenvalue weighted by Gasteiger charge is 2.28. The molecule has 0 N–H and O–H groups in total. The second-order valence-electron chi connectivity index (χ2n) is 4.12. The van der Waals surface area contributed by atoms with Crippen molar-refractivity contribution in [2.45, 2.75) is 0 Å². The summed E-state index contributed by atoms with van der Waals surface area (Å²) < 4.78 is 14.8. The Kier molecular flexibility index (Phi) is 3.26. The van der Waals surface area contributed by atoms with Crippen LogP contribution in [-0.2, 0) is 19.2 Å². The summed E-state index contributed by atoms with van der Waals surface area (Å²) in [4.78, 5) is 62.8. The highest BCUT2D eigenvalue weighted by atomic mass is 16.7. The van der Waals surface area contributed by atoms with Gasteiger partial charge in [-0.3, -0.25) is 4.79 Å². The molecule has 2 bridgehead atoms. The smallest absolute Gasteiger partial charge is 0.356 e. The number of aromatic nitrogens is 1. The fourth-order valence-corrected chi connectivity index (χ4v) is 1.67. The normalized spacial score (nSPS) is 16.5. The number of hydrogen-bond donors (Lipinski definition) is 0. The molecular weight excluding hydrogens is 314 g/mol. The maximum absolute atomic E-state index is 12.2. The van der Waals surface area contributed by atoms with Gasteiger partial charge >= 0.3 is 29.4 Å². The Balaban J connectivity index is 2.25. The first-order chi connectivity index (χ1) is 10.9. The standard InChI is InChI=1S/C13H5NO9/c15-7-1-2-8(16)21-11-6(20-7)5-14-13(19)12(11)22-9(17)3-4-10(18)23-14/h1-5H. The van der Waals surface area contributed by atoms with Gasteiger partial charge in [0, 0.05) is 24.3 Å². The minimum atomic E-state index is -1.11. The Morgan fingerprint density at radius 2 is 1.17 bits per heavy atom. The SMILES string of the molecule is O=C1C=CC(=O)Oc2c(cn3c(=O)c2OC(=O)C=CC(=O)O3)O1. The summed E-state index contributed by atoms with van der Waals surface area (Å²) in [5, 5.41) is 0. The fourth-order valence-electron chi connectivity index (χ4n) is 1.67. The molecule has 23 heavy (non-hydrogen) atoms. The third kappa shape index (κ3) is 2.72. The molecule has 10 nitrogen and oxygen atoms in total. The van der Waals surface area contributed by atoms with E-state index in [4.69, 9.17) is 14.2 Å². The quantitative estimate of drug-likeness (QED) is 0.534. The molecule has 116 valence electrons.